The van der Waals surface area contributed by atoms with Gasteiger partial charge in [-0.25, -0.2) is 0 Å². The van der Waals surface area contributed by atoms with Crippen LogP contribution in [-0.4, -0.2) is 17.5 Å². The Morgan fingerprint density at radius 1 is 1.20 bits per heavy atom. The van der Waals surface area contributed by atoms with Crippen molar-refractivity contribution in [1.29, 1.82) is 0 Å². The van der Waals surface area contributed by atoms with Gasteiger partial charge in [0.1, 0.15) is 0 Å². The Morgan fingerprint density at radius 2 is 1.88 bits per heavy atom. The van der Waals surface area contributed by atoms with E-state index < -0.39 is 0 Å². The van der Waals surface area contributed by atoms with Gasteiger partial charge in [0.25, 0.3) is 0 Å². The Balaban J connectivity index is 0.000000472. The van der Waals surface area contributed by atoms with Gasteiger partial charge in [-0.3, -0.25) is 4.79 Å². The van der Waals surface area contributed by atoms with Crippen LogP contribution in [0.5, 0.6) is 0 Å². The third-order valence-electron chi connectivity index (χ3n) is 4.58. The van der Waals surface area contributed by atoms with Gasteiger partial charge in [0.2, 0.25) is 0 Å². The standard InChI is InChI=1S/C13H24O.C10H16O/c1-5-6-7-9-12(10-8-11-14)13(2,3)4;1-3-4-9-5-8(2)6-10(11)7-9/h6-8,10,12,14H,5,9,11H2,1-4H3;6,9H,3-5,7H2,1-2H3/b7-6+,10-8+;. The third-order valence-corrected chi connectivity index (χ3v) is 4.58. The van der Waals surface area contributed by atoms with Crippen LogP contribution in [0.4, 0.5) is 0 Å². The Hall–Kier alpha value is -1.15. The topological polar surface area (TPSA) is 37.3 Å². The zero-order chi connectivity index (χ0) is 19.3. The van der Waals surface area contributed by atoms with Gasteiger partial charge in [0, 0.05) is 6.42 Å². The zero-order valence-corrected chi connectivity index (χ0v) is 17.3. The molecular formula is C23H40O2. The second kappa shape index (κ2) is 13.1. The van der Waals surface area contributed by atoms with E-state index in [-0.39, 0.29) is 12.0 Å². The molecule has 2 unspecified atom stereocenters. The van der Waals surface area contributed by atoms with Gasteiger partial charge in [0.15, 0.2) is 5.78 Å². The molecule has 0 fully saturated rings. The number of allylic oxidation sites excluding steroid dienone is 5. The van der Waals surface area contributed by atoms with Gasteiger partial charge in [-0.1, -0.05) is 70.9 Å². The third kappa shape index (κ3) is 11.9. The minimum atomic E-state index is 0.143. The molecule has 0 heterocycles. The van der Waals surface area contributed by atoms with E-state index in [0.29, 0.717) is 17.6 Å². The molecule has 0 aromatic carbocycles. The first kappa shape index (κ1) is 23.9. The number of carbonyl (C=O) groups excluding carboxylic acids is 1. The molecule has 2 nitrogen and oxygen atoms in total. The molecule has 0 spiro atoms. The van der Waals surface area contributed by atoms with Crippen molar-refractivity contribution < 1.29 is 9.90 Å². The second-order valence-corrected chi connectivity index (χ2v) is 8.22. The fourth-order valence-electron chi connectivity index (χ4n) is 3.17. The van der Waals surface area contributed by atoms with E-state index in [1.54, 1.807) is 6.08 Å². The maximum absolute atomic E-state index is 11.1. The number of ketones is 1. The van der Waals surface area contributed by atoms with Gasteiger partial charge in [-0.05, 0) is 55.9 Å². The number of aliphatic hydroxyl groups excluding tert-OH is 1. The van der Waals surface area contributed by atoms with Crippen LogP contribution in [0.3, 0.4) is 0 Å². The molecular weight excluding hydrogens is 308 g/mol. The largest absolute Gasteiger partial charge is 0.392 e. The molecule has 1 aliphatic rings. The highest BCUT2D eigenvalue weighted by Gasteiger charge is 2.20. The number of aliphatic hydroxyl groups is 1. The lowest BCUT2D eigenvalue weighted by molar-refractivity contribution is -0.116. The fraction of sp³-hybridized carbons (Fsp3) is 0.696. The molecule has 0 aromatic heterocycles. The lowest BCUT2D eigenvalue weighted by Gasteiger charge is -2.27. The van der Waals surface area contributed by atoms with Crippen molar-refractivity contribution in [3.63, 3.8) is 0 Å². The molecule has 144 valence electrons. The van der Waals surface area contributed by atoms with Gasteiger partial charge >= 0.3 is 0 Å². The van der Waals surface area contributed by atoms with Gasteiger partial charge in [-0.15, -0.1) is 0 Å². The van der Waals surface area contributed by atoms with E-state index in [0.717, 1.165) is 25.7 Å². The second-order valence-electron chi connectivity index (χ2n) is 8.22. The van der Waals surface area contributed by atoms with E-state index in [1.807, 2.05) is 6.08 Å². The van der Waals surface area contributed by atoms with Crippen molar-refractivity contribution in [2.75, 3.05) is 6.61 Å². The number of carbonyl (C=O) groups is 1. The summed E-state index contributed by atoms with van der Waals surface area (Å²) < 4.78 is 0. The van der Waals surface area contributed by atoms with E-state index >= 15 is 0 Å². The van der Waals surface area contributed by atoms with Crippen LogP contribution in [0.15, 0.2) is 36.0 Å². The molecule has 0 radical (unpaired) electrons. The highest BCUT2D eigenvalue weighted by molar-refractivity contribution is 5.91. The number of rotatable bonds is 7. The van der Waals surface area contributed by atoms with Crippen molar-refractivity contribution >= 4 is 5.78 Å². The molecule has 2 atom stereocenters. The summed E-state index contributed by atoms with van der Waals surface area (Å²) in [7, 11) is 0. The van der Waals surface area contributed by atoms with E-state index in [4.69, 9.17) is 5.11 Å². The molecule has 0 amide bonds. The molecule has 1 rings (SSSR count). The van der Waals surface area contributed by atoms with Gasteiger partial charge in [-0.2, -0.15) is 0 Å². The van der Waals surface area contributed by atoms with Crippen LogP contribution in [-0.2, 0) is 4.79 Å². The molecule has 0 bridgehead atoms. The summed E-state index contributed by atoms with van der Waals surface area (Å²) in [6, 6.07) is 0. The van der Waals surface area contributed by atoms with Crippen LogP contribution in [0.2, 0.25) is 0 Å². The Labute approximate surface area is 156 Å². The summed E-state index contributed by atoms with van der Waals surface area (Å²) in [5, 5.41) is 8.75. The SMILES string of the molecule is CC/C=C/CC(/C=C/CO)C(C)(C)C.CCCC1CC(=O)C=C(C)C1. The Morgan fingerprint density at radius 3 is 2.36 bits per heavy atom. The predicted molar refractivity (Wildman–Crippen MR) is 110 cm³/mol. The summed E-state index contributed by atoms with van der Waals surface area (Å²) in [6.45, 7) is 13.2. The smallest absolute Gasteiger partial charge is 0.155 e. The Bertz CT molecular complexity index is 449. The van der Waals surface area contributed by atoms with Crippen molar-refractivity contribution in [2.24, 2.45) is 17.3 Å². The maximum atomic E-state index is 11.1. The van der Waals surface area contributed by atoms with Crippen molar-refractivity contribution in [3.05, 3.63) is 36.0 Å². The molecule has 0 aliphatic heterocycles. The normalized spacial score (nSPS) is 19.7. The average molecular weight is 349 g/mol. The Kier molecular flexibility index (Phi) is 12.5. The molecule has 0 saturated heterocycles. The monoisotopic (exact) mass is 348 g/mol. The van der Waals surface area contributed by atoms with Crippen molar-refractivity contribution in [3.8, 4) is 0 Å². The van der Waals surface area contributed by atoms with Crippen LogP contribution in [0, 0.1) is 17.3 Å². The summed E-state index contributed by atoms with van der Waals surface area (Å²) in [4.78, 5) is 11.1. The van der Waals surface area contributed by atoms with E-state index in [1.165, 1.54) is 18.4 Å². The lowest BCUT2D eigenvalue weighted by Crippen LogP contribution is -2.17. The zero-order valence-electron chi connectivity index (χ0n) is 17.3. The van der Waals surface area contributed by atoms with Crippen molar-refractivity contribution in [2.45, 2.75) is 80.1 Å². The fourth-order valence-corrected chi connectivity index (χ4v) is 3.17. The predicted octanol–water partition coefficient (Wildman–Crippen LogP) is 6.27. The average Bonchev–Trinajstić information content (AvgIpc) is 2.49. The number of hydrogen-bond acceptors (Lipinski definition) is 2. The van der Waals surface area contributed by atoms with Gasteiger partial charge in [0.05, 0.1) is 6.61 Å². The molecule has 25 heavy (non-hydrogen) atoms. The summed E-state index contributed by atoms with van der Waals surface area (Å²) >= 11 is 0. The molecule has 0 aromatic rings. The highest BCUT2D eigenvalue weighted by Crippen LogP contribution is 2.30. The highest BCUT2D eigenvalue weighted by atomic mass is 16.2. The van der Waals surface area contributed by atoms with Crippen molar-refractivity contribution in [1.82, 2.24) is 0 Å². The van der Waals surface area contributed by atoms with E-state index in [9.17, 15) is 4.79 Å². The van der Waals surface area contributed by atoms with Crippen LogP contribution < -0.4 is 0 Å². The summed E-state index contributed by atoms with van der Waals surface area (Å²) in [5.41, 5.74) is 1.53. The maximum Gasteiger partial charge on any atom is 0.155 e. The first-order chi connectivity index (χ1) is 11.7. The van der Waals surface area contributed by atoms with Crippen LogP contribution in [0.1, 0.15) is 80.1 Å². The van der Waals surface area contributed by atoms with Crippen LogP contribution in [0.25, 0.3) is 0 Å². The first-order valence-corrected chi connectivity index (χ1v) is 9.87. The van der Waals surface area contributed by atoms with E-state index in [2.05, 4.69) is 59.8 Å². The molecule has 0 saturated carbocycles. The van der Waals surface area contributed by atoms with Gasteiger partial charge < -0.3 is 5.11 Å². The first-order valence-electron chi connectivity index (χ1n) is 9.87. The lowest BCUT2D eigenvalue weighted by atomic mass is 9.78. The number of hydrogen-bond donors (Lipinski definition) is 1. The molecule has 2 heteroatoms. The molecule has 1 aliphatic carbocycles. The minimum Gasteiger partial charge on any atom is -0.392 e. The summed E-state index contributed by atoms with van der Waals surface area (Å²) in [5.74, 6) is 1.47. The summed E-state index contributed by atoms with van der Waals surface area (Å²) in [6.07, 6.45) is 16.7. The van der Waals surface area contributed by atoms with Crippen LogP contribution >= 0.6 is 0 Å². The molecule has 1 N–H and O–H groups in total. The quantitative estimate of drug-likeness (QED) is 0.551. The minimum absolute atomic E-state index is 0.143.